The fraction of sp³-hybridized carbons (Fsp3) is 0.0182. The lowest BCUT2D eigenvalue weighted by Gasteiger charge is -2.26. The van der Waals surface area contributed by atoms with Crippen LogP contribution in [-0.4, -0.2) is 0 Å². The lowest BCUT2D eigenvalue weighted by atomic mass is 9.97. The molecule has 0 radical (unpaired) electrons. The van der Waals surface area contributed by atoms with Gasteiger partial charge in [0.2, 0.25) is 0 Å². The van der Waals surface area contributed by atoms with Crippen molar-refractivity contribution in [2.45, 2.75) is 6.42 Å². The lowest BCUT2D eigenvalue weighted by molar-refractivity contribution is 1.24. The molecule has 1 heterocycles. The first-order valence-electron chi connectivity index (χ1n) is 19.4. The fourth-order valence-electron chi connectivity index (χ4n) is 7.22. The fourth-order valence-corrected chi connectivity index (χ4v) is 7.22. The molecule has 0 spiro atoms. The molecule has 0 fully saturated rings. The number of rotatable bonds is 11. The van der Waals surface area contributed by atoms with Gasteiger partial charge in [-0.3, -0.25) is 0 Å². The van der Waals surface area contributed by atoms with Crippen molar-refractivity contribution in [3.05, 3.63) is 255 Å². The smallest absolute Gasteiger partial charge is 0.0539 e. The Labute approximate surface area is 337 Å². The summed E-state index contributed by atoms with van der Waals surface area (Å²) in [7, 11) is 0. The van der Waals surface area contributed by atoms with Crippen LogP contribution in [0.2, 0.25) is 0 Å². The maximum atomic E-state index is 4.38. The summed E-state index contributed by atoms with van der Waals surface area (Å²) in [5.74, 6) is 0. The van der Waals surface area contributed by atoms with Crippen LogP contribution in [0.25, 0.3) is 39.0 Å². The molecule has 1 aliphatic heterocycles. The summed E-state index contributed by atoms with van der Waals surface area (Å²) in [6.45, 7) is 8.12. The van der Waals surface area contributed by atoms with Crippen LogP contribution in [0.5, 0.6) is 0 Å². The van der Waals surface area contributed by atoms with E-state index in [1.54, 1.807) is 6.08 Å². The molecular formula is C55H44N2. The van der Waals surface area contributed by atoms with Gasteiger partial charge in [-0.15, -0.1) is 0 Å². The van der Waals surface area contributed by atoms with Gasteiger partial charge in [0.1, 0.15) is 0 Å². The molecule has 2 nitrogen and oxygen atoms in total. The molecule has 0 aliphatic carbocycles. The third kappa shape index (κ3) is 8.47. The number of benzene rings is 7. The molecule has 7 aromatic carbocycles. The van der Waals surface area contributed by atoms with Gasteiger partial charge in [0.25, 0.3) is 0 Å². The van der Waals surface area contributed by atoms with Crippen molar-refractivity contribution in [2.24, 2.45) is 0 Å². The van der Waals surface area contributed by atoms with E-state index < -0.39 is 0 Å². The molecule has 0 aromatic heterocycles. The van der Waals surface area contributed by atoms with Gasteiger partial charge in [-0.25, -0.2) is 0 Å². The molecule has 2 heteroatoms. The number of allylic oxidation sites excluding steroid dienone is 9. The normalized spacial score (nSPS) is 13.5. The largest absolute Gasteiger partial charge is 0.317 e. The van der Waals surface area contributed by atoms with E-state index >= 15 is 0 Å². The molecule has 0 amide bonds. The first-order valence-corrected chi connectivity index (χ1v) is 19.4. The van der Waals surface area contributed by atoms with E-state index in [0.29, 0.717) is 0 Å². The van der Waals surface area contributed by atoms with Crippen LogP contribution in [-0.2, 0) is 6.42 Å². The number of hydrogen-bond donors (Lipinski definition) is 0. The predicted octanol–water partition coefficient (Wildman–Crippen LogP) is 15.2. The van der Waals surface area contributed by atoms with Crippen LogP contribution in [0.1, 0.15) is 11.1 Å². The average molecular weight is 733 g/mol. The summed E-state index contributed by atoms with van der Waals surface area (Å²) in [6.07, 6.45) is 19.2. The Morgan fingerprint density at radius 2 is 1.00 bits per heavy atom. The van der Waals surface area contributed by atoms with Gasteiger partial charge in [-0.05, 0) is 112 Å². The van der Waals surface area contributed by atoms with E-state index in [4.69, 9.17) is 0 Å². The molecule has 0 saturated heterocycles. The standard InChI is InChI=1S/C55H44N2/c1-3-4-5-6-9-17-43-22-31-51(32-23-43)57(52-35-26-46(27-36-52)44-18-10-7-11-19-44)53-37-28-48(29-38-53)47-24-33-50(34-25-47)56-40-15-14-16-42(2)54-39-30-49(41-55(54)56)45-20-12-8-13-21-45/h3-16,18-41H,1-2,17H2/b5-4-,9-6-,16-14-,40-15-. The SMILES string of the molecule is C=C/C=C\C=C/Cc1ccc(N(c2ccc(-c3ccccc3)cc2)c2ccc(-c3ccc(N4/C=C\C=C/C(=C)c5ccc(-c6ccccc6)cc54)cc3)cc2)cc1. The van der Waals surface area contributed by atoms with E-state index in [2.05, 4.69) is 235 Å². The zero-order valence-electron chi connectivity index (χ0n) is 32.0. The van der Waals surface area contributed by atoms with Crippen molar-refractivity contribution >= 4 is 34.0 Å². The highest BCUT2D eigenvalue weighted by Crippen LogP contribution is 2.40. The second kappa shape index (κ2) is 17.4. The molecule has 0 unspecified atom stereocenters. The monoisotopic (exact) mass is 732 g/mol. The minimum absolute atomic E-state index is 0.864. The molecule has 0 N–H and O–H groups in total. The van der Waals surface area contributed by atoms with E-state index in [9.17, 15) is 0 Å². The van der Waals surface area contributed by atoms with Crippen LogP contribution >= 0.6 is 0 Å². The van der Waals surface area contributed by atoms with Crippen molar-refractivity contribution in [1.29, 1.82) is 0 Å². The Hall–Kier alpha value is -7.42. The van der Waals surface area contributed by atoms with Crippen LogP contribution in [0.4, 0.5) is 28.4 Å². The zero-order chi connectivity index (χ0) is 38.8. The lowest BCUT2D eigenvalue weighted by Crippen LogP contribution is -2.11. The summed E-state index contributed by atoms with van der Waals surface area (Å²) in [4.78, 5) is 4.58. The Morgan fingerprint density at radius 3 is 1.58 bits per heavy atom. The molecular weight excluding hydrogens is 689 g/mol. The Kier molecular flexibility index (Phi) is 11.1. The minimum Gasteiger partial charge on any atom is -0.317 e. The zero-order valence-corrected chi connectivity index (χ0v) is 32.0. The summed E-state index contributed by atoms with van der Waals surface area (Å²) < 4.78 is 0. The third-order valence-electron chi connectivity index (χ3n) is 10.2. The molecule has 0 atom stereocenters. The van der Waals surface area contributed by atoms with Gasteiger partial charge < -0.3 is 9.80 Å². The van der Waals surface area contributed by atoms with Crippen LogP contribution in [0, 0.1) is 0 Å². The van der Waals surface area contributed by atoms with E-state index in [1.165, 1.54) is 27.8 Å². The summed E-state index contributed by atoms with van der Waals surface area (Å²) in [5.41, 5.74) is 15.9. The molecule has 7 aromatic rings. The van der Waals surface area contributed by atoms with Crippen LogP contribution in [0.3, 0.4) is 0 Å². The quantitative estimate of drug-likeness (QED) is 0.122. The highest BCUT2D eigenvalue weighted by Gasteiger charge is 2.17. The van der Waals surface area contributed by atoms with Gasteiger partial charge >= 0.3 is 0 Å². The van der Waals surface area contributed by atoms with Gasteiger partial charge in [0.05, 0.1) is 5.69 Å². The first-order chi connectivity index (χ1) is 28.1. The second-order valence-electron chi connectivity index (χ2n) is 14.0. The highest BCUT2D eigenvalue weighted by atomic mass is 15.1. The molecule has 8 rings (SSSR count). The number of nitrogens with zero attached hydrogens (tertiary/aromatic N) is 2. The second-order valence-corrected chi connectivity index (χ2v) is 14.0. The number of hydrogen-bond acceptors (Lipinski definition) is 2. The topological polar surface area (TPSA) is 6.48 Å². The molecule has 0 bridgehead atoms. The Bertz CT molecular complexity index is 2570. The molecule has 274 valence electrons. The summed E-state index contributed by atoms with van der Waals surface area (Å²) in [6, 6.07) is 63.1. The van der Waals surface area contributed by atoms with Crippen molar-refractivity contribution in [1.82, 2.24) is 0 Å². The van der Waals surface area contributed by atoms with Gasteiger partial charge in [0, 0.05) is 34.5 Å². The van der Waals surface area contributed by atoms with Crippen molar-refractivity contribution in [2.75, 3.05) is 9.80 Å². The first kappa shape index (κ1) is 36.6. The van der Waals surface area contributed by atoms with Crippen molar-refractivity contribution in [3.63, 3.8) is 0 Å². The van der Waals surface area contributed by atoms with Gasteiger partial charge in [-0.1, -0.05) is 177 Å². The minimum atomic E-state index is 0.864. The Morgan fingerprint density at radius 1 is 0.491 bits per heavy atom. The van der Waals surface area contributed by atoms with Crippen molar-refractivity contribution < 1.29 is 0 Å². The average Bonchev–Trinajstić information content (AvgIpc) is 3.27. The highest BCUT2D eigenvalue weighted by molar-refractivity contribution is 5.89. The summed E-state index contributed by atoms with van der Waals surface area (Å²) in [5, 5.41) is 0. The van der Waals surface area contributed by atoms with Gasteiger partial charge in [-0.2, -0.15) is 0 Å². The van der Waals surface area contributed by atoms with E-state index in [1.807, 2.05) is 12.2 Å². The van der Waals surface area contributed by atoms with Gasteiger partial charge in [0.15, 0.2) is 0 Å². The maximum absolute atomic E-state index is 4.38. The number of anilines is 5. The number of fused-ring (bicyclic) bond motifs is 1. The van der Waals surface area contributed by atoms with Crippen LogP contribution in [0.15, 0.2) is 244 Å². The molecule has 57 heavy (non-hydrogen) atoms. The molecule has 0 saturated carbocycles. The van der Waals surface area contributed by atoms with E-state index in [-0.39, 0.29) is 0 Å². The Balaban J connectivity index is 1.08. The molecule has 1 aliphatic rings. The van der Waals surface area contributed by atoms with E-state index in [0.717, 1.165) is 57.1 Å². The predicted molar refractivity (Wildman–Crippen MR) is 246 cm³/mol. The van der Waals surface area contributed by atoms with Crippen molar-refractivity contribution in [3.8, 4) is 33.4 Å². The third-order valence-corrected chi connectivity index (χ3v) is 10.2. The maximum Gasteiger partial charge on any atom is 0.0539 e. The summed E-state index contributed by atoms with van der Waals surface area (Å²) >= 11 is 0. The van der Waals surface area contributed by atoms with Crippen LogP contribution < -0.4 is 9.80 Å².